The van der Waals surface area contributed by atoms with Gasteiger partial charge in [0.15, 0.2) is 0 Å². The standard InChI is InChI=1S/C16H23N3O3/c17-16(22)19-9-11-5-7-12(8-6-11)15(21)18-10-13-3-1-2-4-14(13)20/h5-8,13-14,20H,1-4,9-10H2,(H,18,21)(H3,17,19,22). The van der Waals surface area contributed by atoms with E-state index < -0.39 is 6.03 Å². The summed E-state index contributed by atoms with van der Waals surface area (Å²) in [4.78, 5) is 22.7. The zero-order valence-electron chi connectivity index (χ0n) is 12.5. The lowest BCUT2D eigenvalue weighted by atomic mass is 9.86. The lowest BCUT2D eigenvalue weighted by Gasteiger charge is -2.27. The minimum Gasteiger partial charge on any atom is -0.393 e. The van der Waals surface area contributed by atoms with Crippen LogP contribution in [0, 0.1) is 5.92 Å². The van der Waals surface area contributed by atoms with E-state index in [1.807, 2.05) is 0 Å². The SMILES string of the molecule is NC(=O)NCc1ccc(C(=O)NCC2CCCCC2O)cc1. The van der Waals surface area contributed by atoms with Gasteiger partial charge < -0.3 is 21.5 Å². The van der Waals surface area contributed by atoms with Gasteiger partial charge in [0.2, 0.25) is 0 Å². The van der Waals surface area contributed by atoms with E-state index in [1.165, 1.54) is 0 Å². The highest BCUT2D eigenvalue weighted by Gasteiger charge is 2.23. The van der Waals surface area contributed by atoms with E-state index in [4.69, 9.17) is 5.73 Å². The quantitative estimate of drug-likeness (QED) is 0.655. The average Bonchev–Trinajstić information content (AvgIpc) is 2.52. The van der Waals surface area contributed by atoms with Crippen LogP contribution in [0.3, 0.4) is 0 Å². The number of nitrogens with two attached hydrogens (primary N) is 1. The van der Waals surface area contributed by atoms with Gasteiger partial charge in [-0.05, 0) is 30.5 Å². The second-order valence-corrected chi connectivity index (χ2v) is 5.74. The molecule has 1 aromatic carbocycles. The number of primary amides is 1. The Labute approximate surface area is 130 Å². The predicted molar refractivity (Wildman–Crippen MR) is 83.2 cm³/mol. The van der Waals surface area contributed by atoms with Crippen molar-refractivity contribution in [1.82, 2.24) is 10.6 Å². The molecule has 0 spiro atoms. The molecular formula is C16H23N3O3. The second kappa shape index (κ2) is 7.79. The van der Waals surface area contributed by atoms with Gasteiger partial charge in [-0.25, -0.2) is 4.79 Å². The Hall–Kier alpha value is -2.08. The van der Waals surface area contributed by atoms with Crippen LogP contribution in [-0.4, -0.2) is 29.7 Å². The molecule has 6 heteroatoms. The fourth-order valence-electron chi connectivity index (χ4n) is 2.72. The Balaban J connectivity index is 1.83. The minimum atomic E-state index is -0.576. The molecule has 1 saturated carbocycles. The van der Waals surface area contributed by atoms with Crippen molar-refractivity contribution in [2.24, 2.45) is 11.7 Å². The van der Waals surface area contributed by atoms with Gasteiger partial charge in [0, 0.05) is 24.6 Å². The zero-order chi connectivity index (χ0) is 15.9. The Kier molecular flexibility index (Phi) is 5.77. The molecule has 0 bridgehead atoms. The molecule has 0 aromatic heterocycles. The van der Waals surface area contributed by atoms with Crippen molar-refractivity contribution in [3.05, 3.63) is 35.4 Å². The maximum atomic E-state index is 12.1. The van der Waals surface area contributed by atoms with E-state index in [-0.39, 0.29) is 17.9 Å². The van der Waals surface area contributed by atoms with Gasteiger partial charge in [0.05, 0.1) is 6.10 Å². The van der Waals surface area contributed by atoms with Crippen molar-refractivity contribution >= 4 is 11.9 Å². The van der Waals surface area contributed by atoms with Gasteiger partial charge in [-0.3, -0.25) is 4.79 Å². The van der Waals surface area contributed by atoms with Gasteiger partial charge >= 0.3 is 6.03 Å². The number of benzene rings is 1. The number of urea groups is 1. The predicted octanol–water partition coefficient (Wildman–Crippen LogP) is 1.14. The molecule has 2 rings (SSSR count). The molecule has 0 radical (unpaired) electrons. The first-order valence-electron chi connectivity index (χ1n) is 7.65. The highest BCUT2D eigenvalue weighted by molar-refractivity contribution is 5.94. The smallest absolute Gasteiger partial charge is 0.312 e. The van der Waals surface area contributed by atoms with Crippen LogP contribution in [-0.2, 0) is 6.54 Å². The Morgan fingerprint density at radius 3 is 2.45 bits per heavy atom. The molecular weight excluding hydrogens is 282 g/mol. The normalized spacial score (nSPS) is 21.1. The third-order valence-electron chi connectivity index (χ3n) is 4.08. The van der Waals surface area contributed by atoms with E-state index >= 15 is 0 Å². The van der Waals surface area contributed by atoms with Gasteiger partial charge in [-0.2, -0.15) is 0 Å². The van der Waals surface area contributed by atoms with E-state index in [0.717, 1.165) is 31.2 Å². The molecule has 0 saturated heterocycles. The summed E-state index contributed by atoms with van der Waals surface area (Å²) in [5, 5.41) is 15.3. The van der Waals surface area contributed by atoms with Gasteiger partial charge in [0.25, 0.3) is 5.91 Å². The highest BCUT2D eigenvalue weighted by atomic mass is 16.3. The molecule has 1 aliphatic carbocycles. The van der Waals surface area contributed by atoms with Gasteiger partial charge in [0.1, 0.15) is 0 Å². The zero-order valence-corrected chi connectivity index (χ0v) is 12.5. The van der Waals surface area contributed by atoms with Crippen LogP contribution in [0.2, 0.25) is 0 Å². The number of nitrogens with one attached hydrogen (secondary N) is 2. The van der Waals surface area contributed by atoms with Crippen LogP contribution in [0.15, 0.2) is 24.3 Å². The topological polar surface area (TPSA) is 104 Å². The van der Waals surface area contributed by atoms with Crippen molar-refractivity contribution in [1.29, 1.82) is 0 Å². The van der Waals surface area contributed by atoms with Crippen LogP contribution in [0.5, 0.6) is 0 Å². The molecule has 2 unspecified atom stereocenters. The Bertz CT molecular complexity index is 516. The number of aliphatic hydroxyl groups excluding tert-OH is 1. The van der Waals surface area contributed by atoms with Crippen molar-refractivity contribution < 1.29 is 14.7 Å². The summed E-state index contributed by atoms with van der Waals surface area (Å²) in [6.45, 7) is 0.844. The van der Waals surface area contributed by atoms with Crippen LogP contribution in [0.25, 0.3) is 0 Å². The van der Waals surface area contributed by atoms with Crippen molar-refractivity contribution in [2.45, 2.75) is 38.3 Å². The number of carbonyl (C=O) groups excluding carboxylic acids is 2. The largest absolute Gasteiger partial charge is 0.393 e. The summed E-state index contributed by atoms with van der Waals surface area (Å²) in [5.74, 6) is 0.00363. The number of hydrogen-bond acceptors (Lipinski definition) is 3. The van der Waals surface area contributed by atoms with Crippen LogP contribution >= 0.6 is 0 Å². The second-order valence-electron chi connectivity index (χ2n) is 5.74. The van der Waals surface area contributed by atoms with E-state index in [0.29, 0.717) is 18.7 Å². The number of carbonyl (C=O) groups is 2. The molecule has 1 aromatic rings. The Morgan fingerprint density at radius 2 is 1.82 bits per heavy atom. The fourth-order valence-corrected chi connectivity index (χ4v) is 2.72. The third-order valence-corrected chi connectivity index (χ3v) is 4.08. The summed E-state index contributed by atoms with van der Waals surface area (Å²) < 4.78 is 0. The van der Waals surface area contributed by atoms with Crippen LogP contribution in [0.1, 0.15) is 41.6 Å². The van der Waals surface area contributed by atoms with Crippen molar-refractivity contribution in [3.63, 3.8) is 0 Å². The first-order chi connectivity index (χ1) is 10.6. The lowest BCUT2D eigenvalue weighted by molar-refractivity contribution is 0.0663. The molecule has 120 valence electrons. The summed E-state index contributed by atoms with van der Waals surface area (Å²) in [6, 6.07) is 6.41. The molecule has 0 aliphatic heterocycles. The molecule has 2 atom stereocenters. The molecule has 1 fully saturated rings. The summed E-state index contributed by atoms with van der Waals surface area (Å²) in [6.07, 6.45) is 3.64. The third kappa shape index (κ3) is 4.73. The summed E-state index contributed by atoms with van der Waals surface area (Å²) >= 11 is 0. The van der Waals surface area contributed by atoms with Gasteiger partial charge in [-0.15, -0.1) is 0 Å². The van der Waals surface area contributed by atoms with E-state index in [2.05, 4.69) is 10.6 Å². The van der Waals surface area contributed by atoms with Crippen molar-refractivity contribution in [2.75, 3.05) is 6.54 Å². The number of amides is 3. The molecule has 6 nitrogen and oxygen atoms in total. The number of aliphatic hydroxyl groups is 1. The first-order valence-corrected chi connectivity index (χ1v) is 7.65. The van der Waals surface area contributed by atoms with Crippen LogP contribution < -0.4 is 16.4 Å². The molecule has 1 aliphatic rings. The number of rotatable bonds is 5. The van der Waals surface area contributed by atoms with Gasteiger partial charge in [-0.1, -0.05) is 25.0 Å². The van der Waals surface area contributed by atoms with Crippen molar-refractivity contribution in [3.8, 4) is 0 Å². The van der Waals surface area contributed by atoms with E-state index in [1.54, 1.807) is 24.3 Å². The molecule has 22 heavy (non-hydrogen) atoms. The molecule has 5 N–H and O–H groups in total. The minimum absolute atomic E-state index is 0.146. The molecule has 3 amide bonds. The van der Waals surface area contributed by atoms with E-state index in [9.17, 15) is 14.7 Å². The average molecular weight is 305 g/mol. The Morgan fingerprint density at radius 1 is 1.14 bits per heavy atom. The number of hydrogen-bond donors (Lipinski definition) is 4. The fraction of sp³-hybridized carbons (Fsp3) is 0.500. The highest BCUT2D eigenvalue weighted by Crippen LogP contribution is 2.23. The first kappa shape index (κ1) is 16.3. The lowest BCUT2D eigenvalue weighted by Crippen LogP contribution is -2.36. The molecule has 0 heterocycles. The monoisotopic (exact) mass is 305 g/mol. The maximum Gasteiger partial charge on any atom is 0.312 e. The summed E-state index contributed by atoms with van der Waals surface area (Å²) in [7, 11) is 0. The maximum absolute atomic E-state index is 12.1. The van der Waals surface area contributed by atoms with Crippen LogP contribution in [0.4, 0.5) is 4.79 Å². The summed E-state index contributed by atoms with van der Waals surface area (Å²) in [5.41, 5.74) is 6.44.